The second-order valence-electron chi connectivity index (χ2n) is 5.90. The Hall–Kier alpha value is -3.77. The lowest BCUT2D eigenvalue weighted by Gasteiger charge is -2.11. The first-order valence-electron chi connectivity index (χ1n) is 8.13. The molecule has 3 rings (SSSR count). The van der Waals surface area contributed by atoms with Crippen molar-refractivity contribution in [1.82, 2.24) is 9.78 Å². The van der Waals surface area contributed by atoms with Crippen LogP contribution in [0, 0.1) is 16.7 Å². The standard InChI is InChI=1S/C19H13ClF2N6O/c20-16-10(7-23)2-1-3-13(16)18(29)27-12-4-5-15(24)14(6-12)17(25)11-8-26-28(9-11)19(21)22/h1-6,8-9,19,25H,24H2,(H,27,29). The van der Waals surface area contributed by atoms with Crippen LogP contribution < -0.4 is 11.1 Å². The first kappa shape index (κ1) is 20.0. The fraction of sp³-hybridized carbons (Fsp3) is 0.0526. The molecule has 0 bridgehead atoms. The molecule has 4 N–H and O–H groups in total. The van der Waals surface area contributed by atoms with Crippen LogP contribution in [-0.4, -0.2) is 21.4 Å². The van der Waals surface area contributed by atoms with Gasteiger partial charge in [-0.05, 0) is 30.3 Å². The van der Waals surface area contributed by atoms with Crippen molar-refractivity contribution in [1.29, 1.82) is 10.7 Å². The third-order valence-corrected chi connectivity index (χ3v) is 4.44. The minimum atomic E-state index is -2.83. The molecule has 0 fully saturated rings. The minimum Gasteiger partial charge on any atom is -0.398 e. The highest BCUT2D eigenvalue weighted by Gasteiger charge is 2.17. The number of nitrogen functional groups attached to an aromatic ring is 1. The van der Waals surface area contributed by atoms with Gasteiger partial charge in [-0.2, -0.15) is 19.1 Å². The van der Waals surface area contributed by atoms with Crippen molar-refractivity contribution >= 4 is 34.6 Å². The van der Waals surface area contributed by atoms with Crippen LogP contribution in [0.4, 0.5) is 20.2 Å². The number of nitrogens with one attached hydrogen (secondary N) is 2. The number of halogens is 3. The Labute approximate surface area is 168 Å². The Kier molecular flexibility index (Phi) is 5.57. The van der Waals surface area contributed by atoms with Crippen LogP contribution in [0.25, 0.3) is 0 Å². The lowest BCUT2D eigenvalue weighted by molar-refractivity contribution is 0.0566. The van der Waals surface area contributed by atoms with E-state index in [9.17, 15) is 13.6 Å². The molecule has 0 radical (unpaired) electrons. The number of nitrogens with zero attached hydrogens (tertiary/aromatic N) is 3. The van der Waals surface area contributed by atoms with Crippen molar-refractivity contribution in [2.75, 3.05) is 11.1 Å². The molecular weight excluding hydrogens is 402 g/mol. The van der Waals surface area contributed by atoms with E-state index in [1.165, 1.54) is 36.4 Å². The van der Waals surface area contributed by atoms with Crippen molar-refractivity contribution in [3.8, 4) is 6.07 Å². The van der Waals surface area contributed by atoms with E-state index in [1.807, 2.05) is 6.07 Å². The summed E-state index contributed by atoms with van der Waals surface area (Å²) in [6.07, 6.45) is 2.16. The highest BCUT2D eigenvalue weighted by atomic mass is 35.5. The molecule has 0 unspecified atom stereocenters. The van der Waals surface area contributed by atoms with Crippen molar-refractivity contribution in [3.05, 3.63) is 76.1 Å². The largest absolute Gasteiger partial charge is 0.398 e. The molecule has 0 aliphatic rings. The Bertz CT molecular complexity index is 1150. The molecule has 0 aliphatic heterocycles. The summed E-state index contributed by atoms with van der Waals surface area (Å²) in [5.41, 5.74) is 6.96. The monoisotopic (exact) mass is 414 g/mol. The molecule has 1 aromatic heterocycles. The van der Waals surface area contributed by atoms with Gasteiger partial charge in [0.2, 0.25) is 0 Å². The van der Waals surface area contributed by atoms with Gasteiger partial charge in [-0.15, -0.1) is 0 Å². The van der Waals surface area contributed by atoms with Crippen molar-refractivity contribution < 1.29 is 13.6 Å². The van der Waals surface area contributed by atoms with Crippen molar-refractivity contribution in [2.24, 2.45) is 0 Å². The van der Waals surface area contributed by atoms with E-state index in [-0.39, 0.29) is 38.7 Å². The van der Waals surface area contributed by atoms with Gasteiger partial charge in [0.25, 0.3) is 5.91 Å². The summed E-state index contributed by atoms with van der Waals surface area (Å²) in [5.74, 6) is -0.556. The predicted octanol–water partition coefficient (Wildman–Crippen LogP) is 4.05. The summed E-state index contributed by atoms with van der Waals surface area (Å²) in [7, 11) is 0. The summed E-state index contributed by atoms with van der Waals surface area (Å²) >= 11 is 6.08. The number of anilines is 2. The number of carbonyl (C=O) groups is 1. The molecule has 29 heavy (non-hydrogen) atoms. The Morgan fingerprint density at radius 3 is 2.72 bits per heavy atom. The van der Waals surface area contributed by atoms with Crippen LogP contribution in [0.5, 0.6) is 0 Å². The molecule has 0 spiro atoms. The average molecular weight is 415 g/mol. The lowest BCUT2D eigenvalue weighted by atomic mass is 10.0. The molecule has 1 amide bonds. The number of nitriles is 1. The highest BCUT2D eigenvalue weighted by molar-refractivity contribution is 6.35. The van der Waals surface area contributed by atoms with Crippen LogP contribution in [0.3, 0.4) is 0 Å². The number of hydrogen-bond acceptors (Lipinski definition) is 5. The SMILES string of the molecule is N#Cc1cccc(C(=O)Nc2ccc(N)c(C(=N)c3cnn(C(F)F)c3)c2)c1Cl. The molecule has 3 aromatic rings. The zero-order valence-corrected chi connectivity index (χ0v) is 15.4. The number of aromatic nitrogens is 2. The van der Waals surface area contributed by atoms with Gasteiger partial charge in [0.15, 0.2) is 0 Å². The second-order valence-corrected chi connectivity index (χ2v) is 6.27. The maximum atomic E-state index is 12.7. The maximum absolute atomic E-state index is 12.7. The fourth-order valence-corrected chi connectivity index (χ4v) is 2.83. The smallest absolute Gasteiger partial charge is 0.333 e. The molecule has 1 heterocycles. The van der Waals surface area contributed by atoms with Gasteiger partial charge in [-0.3, -0.25) is 10.2 Å². The van der Waals surface area contributed by atoms with Gasteiger partial charge in [-0.1, -0.05) is 17.7 Å². The van der Waals surface area contributed by atoms with Crippen molar-refractivity contribution in [3.63, 3.8) is 0 Å². The van der Waals surface area contributed by atoms with E-state index in [4.69, 9.17) is 28.0 Å². The molecule has 2 aromatic carbocycles. The number of nitrogens with two attached hydrogens (primary N) is 1. The first-order chi connectivity index (χ1) is 13.8. The highest BCUT2D eigenvalue weighted by Crippen LogP contribution is 2.25. The Morgan fingerprint density at radius 1 is 1.31 bits per heavy atom. The molecule has 0 saturated heterocycles. The van der Waals surface area contributed by atoms with E-state index < -0.39 is 12.5 Å². The number of benzene rings is 2. The first-order valence-corrected chi connectivity index (χ1v) is 8.50. The van der Waals surface area contributed by atoms with Gasteiger partial charge >= 0.3 is 6.55 Å². The zero-order chi connectivity index (χ0) is 21.1. The van der Waals surface area contributed by atoms with Gasteiger partial charge in [0.05, 0.1) is 28.1 Å². The molecule has 10 heteroatoms. The minimum absolute atomic E-state index is 0.0234. The van der Waals surface area contributed by atoms with Gasteiger partial charge in [0, 0.05) is 28.7 Å². The van der Waals surface area contributed by atoms with Crippen LogP contribution in [0.2, 0.25) is 5.02 Å². The van der Waals surface area contributed by atoms with Crippen LogP contribution >= 0.6 is 11.6 Å². The lowest BCUT2D eigenvalue weighted by Crippen LogP contribution is -2.14. The van der Waals surface area contributed by atoms with E-state index in [1.54, 1.807) is 0 Å². The van der Waals surface area contributed by atoms with E-state index in [2.05, 4.69) is 10.4 Å². The zero-order valence-electron chi connectivity index (χ0n) is 14.7. The number of alkyl halides is 2. The van der Waals surface area contributed by atoms with E-state index in [0.717, 1.165) is 12.4 Å². The van der Waals surface area contributed by atoms with E-state index in [0.29, 0.717) is 10.4 Å². The Morgan fingerprint density at radius 2 is 2.07 bits per heavy atom. The molecule has 0 aliphatic carbocycles. The average Bonchev–Trinajstić information content (AvgIpc) is 3.19. The maximum Gasteiger partial charge on any atom is 0.333 e. The number of amides is 1. The van der Waals surface area contributed by atoms with E-state index >= 15 is 0 Å². The number of hydrogen-bond donors (Lipinski definition) is 3. The predicted molar refractivity (Wildman–Crippen MR) is 104 cm³/mol. The van der Waals surface area contributed by atoms with Crippen LogP contribution in [0.15, 0.2) is 48.8 Å². The second kappa shape index (κ2) is 8.08. The summed E-state index contributed by atoms with van der Waals surface area (Å²) in [4.78, 5) is 12.5. The number of rotatable bonds is 5. The van der Waals surface area contributed by atoms with Crippen LogP contribution in [-0.2, 0) is 0 Å². The third-order valence-electron chi connectivity index (χ3n) is 4.03. The summed E-state index contributed by atoms with van der Waals surface area (Å²) in [6.45, 7) is -2.83. The quantitative estimate of drug-likeness (QED) is 0.430. The van der Waals surface area contributed by atoms with Gasteiger partial charge < -0.3 is 11.1 Å². The topological polar surface area (TPSA) is 121 Å². The molecule has 0 atom stereocenters. The summed E-state index contributed by atoms with van der Waals surface area (Å²) in [5, 5.41) is 23.4. The van der Waals surface area contributed by atoms with Crippen LogP contribution in [0.1, 0.15) is 33.6 Å². The summed E-state index contributed by atoms with van der Waals surface area (Å²) in [6, 6.07) is 10.8. The molecular formula is C19H13ClF2N6O. The van der Waals surface area contributed by atoms with Gasteiger partial charge in [-0.25, -0.2) is 4.68 Å². The molecule has 0 saturated carbocycles. The van der Waals surface area contributed by atoms with Gasteiger partial charge in [0.1, 0.15) is 6.07 Å². The fourth-order valence-electron chi connectivity index (χ4n) is 2.57. The number of carbonyl (C=O) groups excluding carboxylic acids is 1. The molecule has 7 nitrogen and oxygen atoms in total. The normalized spacial score (nSPS) is 10.6. The van der Waals surface area contributed by atoms with Crippen molar-refractivity contribution in [2.45, 2.75) is 6.55 Å². The third kappa shape index (κ3) is 4.07. The Balaban J connectivity index is 1.88. The molecule has 146 valence electrons. The summed E-state index contributed by atoms with van der Waals surface area (Å²) < 4.78 is 25.8.